The first kappa shape index (κ1) is 26.0. The van der Waals surface area contributed by atoms with Gasteiger partial charge in [-0.1, -0.05) is 133 Å². The molecule has 9 rings (SSSR count). The van der Waals surface area contributed by atoms with E-state index in [4.69, 9.17) is 0 Å². The molecule has 2 aliphatic carbocycles. The van der Waals surface area contributed by atoms with Crippen LogP contribution in [-0.4, -0.2) is 4.57 Å². The highest BCUT2D eigenvalue weighted by atomic mass is 15.0. The molecule has 0 saturated carbocycles. The summed E-state index contributed by atoms with van der Waals surface area (Å²) in [5, 5.41) is 6.79. The molecule has 214 valence electrons. The summed E-state index contributed by atoms with van der Waals surface area (Å²) in [6.07, 6.45) is 13.0. The fourth-order valence-corrected chi connectivity index (χ4v) is 7.74. The summed E-state index contributed by atoms with van der Waals surface area (Å²) in [7, 11) is 0. The van der Waals surface area contributed by atoms with Gasteiger partial charge in [-0.25, -0.2) is 0 Å². The first-order valence-electron chi connectivity index (χ1n) is 16.1. The zero-order valence-electron chi connectivity index (χ0n) is 25.2. The second kappa shape index (κ2) is 10.6. The lowest BCUT2D eigenvalue weighted by atomic mass is 9.79. The normalized spacial score (nSPS) is 15.3. The topological polar surface area (TPSA) is 4.93 Å². The predicted octanol–water partition coefficient (Wildman–Crippen LogP) is 9.83. The number of para-hydroxylation sites is 1. The fraction of sp³-hybridized carbons (Fsp3) is 0.0909. The number of benzene rings is 6. The van der Waals surface area contributed by atoms with Gasteiger partial charge in [0.2, 0.25) is 0 Å². The van der Waals surface area contributed by atoms with Crippen LogP contribution >= 0.6 is 0 Å². The highest BCUT2D eigenvalue weighted by Gasteiger charge is 2.22. The van der Waals surface area contributed by atoms with E-state index in [0.717, 1.165) is 19.3 Å². The van der Waals surface area contributed by atoms with Crippen molar-refractivity contribution in [3.8, 4) is 28.1 Å². The first-order valence-corrected chi connectivity index (χ1v) is 16.1. The van der Waals surface area contributed by atoms with Crippen molar-refractivity contribution in [1.82, 2.24) is 4.57 Å². The van der Waals surface area contributed by atoms with Gasteiger partial charge >= 0.3 is 0 Å². The molecule has 45 heavy (non-hydrogen) atoms. The van der Waals surface area contributed by atoms with Gasteiger partial charge in [0, 0.05) is 17.0 Å². The zero-order valence-corrected chi connectivity index (χ0v) is 25.2. The van der Waals surface area contributed by atoms with E-state index in [-0.39, 0.29) is 0 Å². The lowest BCUT2D eigenvalue weighted by Crippen LogP contribution is -2.34. The van der Waals surface area contributed by atoms with Crippen LogP contribution in [0.2, 0.25) is 0 Å². The minimum absolute atomic E-state index is 0.358. The monoisotopic (exact) mass is 575 g/mol. The number of hydrogen-bond donors (Lipinski definition) is 0. The molecular formula is C44H33N. The smallest absolute Gasteiger partial charge is 0.0540 e. The van der Waals surface area contributed by atoms with Gasteiger partial charge in [0.1, 0.15) is 0 Å². The predicted molar refractivity (Wildman–Crippen MR) is 191 cm³/mol. The van der Waals surface area contributed by atoms with Crippen molar-refractivity contribution < 1.29 is 0 Å². The van der Waals surface area contributed by atoms with E-state index in [1.54, 1.807) is 0 Å². The summed E-state index contributed by atoms with van der Waals surface area (Å²) in [6.45, 7) is 0. The standard InChI is InChI=1S/C44H33N/c1-2-13-31(14-3-1)42-29-34-16-6-11-21-41(34)45(42)36-26-24-32(25-27-36)43-37-17-7-9-19-39(37)44(40-20-10-8-18-38(40)43)35-23-22-30-12-4-5-15-33(30)28-35/h1-7,9,11-27,29,35H,8,10,28H2. The number of aromatic nitrogens is 1. The average molecular weight is 576 g/mol. The quantitative estimate of drug-likeness (QED) is 0.197. The maximum atomic E-state index is 2.50. The molecule has 0 saturated heterocycles. The Bertz CT molecular complexity index is 2390. The molecule has 0 spiro atoms. The third-order valence-corrected chi connectivity index (χ3v) is 9.77. The van der Waals surface area contributed by atoms with Crippen molar-refractivity contribution in [2.45, 2.75) is 25.2 Å². The van der Waals surface area contributed by atoms with Crippen LogP contribution in [0.15, 0.2) is 140 Å². The molecule has 1 heterocycles. The summed E-state index contributed by atoms with van der Waals surface area (Å²) in [6, 6.07) is 48.9. The number of nitrogens with zero attached hydrogens (tertiary/aromatic N) is 1. The zero-order chi connectivity index (χ0) is 29.7. The van der Waals surface area contributed by atoms with E-state index >= 15 is 0 Å². The van der Waals surface area contributed by atoms with Crippen LogP contribution in [0.25, 0.3) is 68.0 Å². The molecule has 0 aliphatic heterocycles. The molecule has 1 aromatic heterocycles. The molecule has 0 amide bonds. The Hall–Kier alpha value is -5.40. The second-order valence-corrected chi connectivity index (χ2v) is 12.4. The van der Waals surface area contributed by atoms with E-state index < -0.39 is 0 Å². The number of rotatable bonds is 4. The largest absolute Gasteiger partial charge is 0.309 e. The third-order valence-electron chi connectivity index (χ3n) is 9.77. The van der Waals surface area contributed by atoms with E-state index in [1.165, 1.54) is 76.9 Å². The first-order chi connectivity index (χ1) is 22.3. The van der Waals surface area contributed by atoms with Gasteiger partial charge in [0.15, 0.2) is 0 Å². The van der Waals surface area contributed by atoms with Crippen LogP contribution in [0.1, 0.15) is 35.4 Å². The Morgan fingerprint density at radius 3 is 2.16 bits per heavy atom. The summed E-state index contributed by atoms with van der Waals surface area (Å²) in [5.41, 5.74) is 11.7. The van der Waals surface area contributed by atoms with Gasteiger partial charge < -0.3 is 4.57 Å². The lowest BCUT2D eigenvalue weighted by Gasteiger charge is -2.25. The molecule has 0 N–H and O–H groups in total. The molecular weight excluding hydrogens is 542 g/mol. The summed E-state index contributed by atoms with van der Waals surface area (Å²) >= 11 is 0. The lowest BCUT2D eigenvalue weighted by molar-refractivity contribution is 0.825. The molecule has 0 bridgehead atoms. The fourth-order valence-electron chi connectivity index (χ4n) is 7.74. The Labute approximate surface area is 263 Å². The minimum atomic E-state index is 0.358. The van der Waals surface area contributed by atoms with Gasteiger partial charge in [-0.2, -0.15) is 0 Å². The molecule has 6 aromatic carbocycles. The van der Waals surface area contributed by atoms with Crippen LogP contribution in [0.3, 0.4) is 0 Å². The van der Waals surface area contributed by atoms with Crippen LogP contribution in [0.5, 0.6) is 0 Å². The van der Waals surface area contributed by atoms with Gasteiger partial charge in [0.05, 0.1) is 11.2 Å². The van der Waals surface area contributed by atoms with E-state index in [1.807, 2.05) is 0 Å². The van der Waals surface area contributed by atoms with Crippen molar-refractivity contribution >= 4 is 39.9 Å². The van der Waals surface area contributed by atoms with E-state index in [9.17, 15) is 0 Å². The number of hydrogen-bond acceptors (Lipinski definition) is 0. The van der Waals surface area contributed by atoms with Gasteiger partial charge in [-0.15, -0.1) is 0 Å². The second-order valence-electron chi connectivity index (χ2n) is 12.4. The molecule has 1 unspecified atom stereocenters. The Morgan fingerprint density at radius 2 is 1.29 bits per heavy atom. The Morgan fingerprint density at radius 1 is 0.578 bits per heavy atom. The molecule has 0 radical (unpaired) electrons. The Kier molecular flexibility index (Phi) is 6.16. The van der Waals surface area contributed by atoms with Gasteiger partial charge in [0.25, 0.3) is 0 Å². The van der Waals surface area contributed by atoms with Gasteiger partial charge in [-0.3, -0.25) is 0 Å². The highest BCUT2D eigenvalue weighted by molar-refractivity contribution is 6.00. The average Bonchev–Trinajstić information content (AvgIpc) is 3.51. The van der Waals surface area contributed by atoms with Crippen molar-refractivity contribution in [1.29, 1.82) is 0 Å². The molecule has 7 aromatic rings. The van der Waals surface area contributed by atoms with Crippen LogP contribution < -0.4 is 10.4 Å². The van der Waals surface area contributed by atoms with E-state index in [2.05, 4.69) is 162 Å². The van der Waals surface area contributed by atoms with Crippen molar-refractivity contribution in [3.05, 3.63) is 167 Å². The molecule has 1 nitrogen and oxygen atoms in total. The molecule has 1 heteroatoms. The highest BCUT2D eigenvalue weighted by Crippen LogP contribution is 2.36. The van der Waals surface area contributed by atoms with Crippen molar-refractivity contribution in [2.24, 2.45) is 0 Å². The third kappa shape index (κ3) is 4.30. The molecule has 0 fully saturated rings. The molecule has 1 atom stereocenters. The van der Waals surface area contributed by atoms with E-state index in [0.29, 0.717) is 5.92 Å². The van der Waals surface area contributed by atoms with Crippen LogP contribution in [0.4, 0.5) is 0 Å². The van der Waals surface area contributed by atoms with Crippen LogP contribution in [-0.2, 0) is 6.42 Å². The SMILES string of the molecule is C1=CC(c2c3c(c(-c4ccc(-n5c(-c6ccccc6)cc6ccccc65)cc4)c4ccccc24)=CCCC=3)Cc2ccccc21. The number of allylic oxidation sites excluding steroid dienone is 1. The molecule has 2 aliphatic rings. The summed E-state index contributed by atoms with van der Waals surface area (Å²) < 4.78 is 2.40. The van der Waals surface area contributed by atoms with Crippen molar-refractivity contribution in [3.63, 3.8) is 0 Å². The van der Waals surface area contributed by atoms with Crippen LogP contribution in [0, 0.1) is 0 Å². The van der Waals surface area contributed by atoms with Gasteiger partial charge in [-0.05, 0) is 98.1 Å². The Balaban J connectivity index is 1.22. The van der Waals surface area contributed by atoms with Crippen molar-refractivity contribution in [2.75, 3.05) is 0 Å². The maximum absolute atomic E-state index is 2.50. The summed E-state index contributed by atoms with van der Waals surface area (Å²) in [4.78, 5) is 0. The summed E-state index contributed by atoms with van der Waals surface area (Å²) in [5.74, 6) is 0.358. The number of fused-ring (bicyclic) bond motifs is 4. The maximum Gasteiger partial charge on any atom is 0.0540 e. The minimum Gasteiger partial charge on any atom is -0.309 e.